The zero-order chi connectivity index (χ0) is 55.7. The summed E-state index contributed by atoms with van der Waals surface area (Å²) in [5, 5.41) is 11.7. The molecule has 1 amide bonds. The van der Waals surface area contributed by atoms with Gasteiger partial charge in [-0.3, -0.25) is 32.7 Å². The Bertz CT molecular complexity index is 3740. The Morgan fingerprint density at radius 1 is 0.603 bits per heavy atom. The molecule has 8 aromatic heterocycles. The highest BCUT2D eigenvalue weighted by Crippen LogP contribution is 2.31. The number of amides is 1. The predicted octanol–water partition coefficient (Wildman–Crippen LogP) is 2.58. The summed E-state index contributed by atoms with van der Waals surface area (Å²) in [6.45, 7) is 3.86. The quantitative estimate of drug-likeness (QED) is 0.175. The molecule has 10 rings (SSSR count). The van der Waals surface area contributed by atoms with Crippen LogP contribution in [-0.4, -0.2) is 132 Å². The lowest BCUT2D eigenvalue weighted by Crippen LogP contribution is -2.40. The zero-order valence-electron chi connectivity index (χ0n) is 42.1. The summed E-state index contributed by atoms with van der Waals surface area (Å²) in [5.74, 6) is -4.74. The minimum atomic E-state index is -2.66. The fourth-order valence-electron chi connectivity index (χ4n) is 8.14. The lowest BCUT2D eigenvalue weighted by atomic mass is 10.1. The van der Waals surface area contributed by atoms with Crippen LogP contribution in [0.4, 0.5) is 41.1 Å². The van der Waals surface area contributed by atoms with Crippen molar-refractivity contribution in [2.75, 3.05) is 47.0 Å². The second kappa shape index (κ2) is 22.5. The highest BCUT2D eigenvalue weighted by atomic mass is 19.3. The zero-order valence-corrected chi connectivity index (χ0v) is 42.1. The summed E-state index contributed by atoms with van der Waals surface area (Å²) in [5.41, 5.74) is 5.14. The van der Waals surface area contributed by atoms with Crippen molar-refractivity contribution >= 4 is 57.7 Å². The second-order valence-electron chi connectivity index (χ2n) is 18.0. The van der Waals surface area contributed by atoms with Crippen LogP contribution in [-0.2, 0) is 37.8 Å². The first-order valence-corrected chi connectivity index (χ1v) is 23.6. The van der Waals surface area contributed by atoms with Crippen LogP contribution in [0.5, 0.6) is 0 Å². The summed E-state index contributed by atoms with van der Waals surface area (Å²) in [4.78, 5) is 118. The van der Waals surface area contributed by atoms with E-state index in [1.807, 2.05) is 0 Å². The Balaban J connectivity index is 0.000000186. The van der Waals surface area contributed by atoms with Crippen LogP contribution >= 0.6 is 0 Å². The number of carbonyl (C=O) groups is 2. The van der Waals surface area contributed by atoms with E-state index in [1.165, 1.54) is 90.7 Å². The number of aliphatic carboxylic acids is 1. The van der Waals surface area contributed by atoms with Crippen molar-refractivity contribution in [1.29, 1.82) is 0 Å². The first kappa shape index (κ1) is 56.4. The predicted molar refractivity (Wildman–Crippen MR) is 276 cm³/mol. The summed E-state index contributed by atoms with van der Waals surface area (Å²) in [6, 6.07) is 1.31. The van der Waals surface area contributed by atoms with Crippen molar-refractivity contribution in [3.63, 3.8) is 0 Å². The maximum atomic E-state index is 13.4. The number of nitrogen functional groups attached to an aromatic ring is 1. The Morgan fingerprint density at radius 3 is 1.41 bits per heavy atom. The monoisotopic (exact) mass is 1090 g/mol. The maximum absolute atomic E-state index is 13.4. The highest BCUT2D eigenvalue weighted by molar-refractivity contribution is 5.93. The van der Waals surface area contributed by atoms with Gasteiger partial charge in [0.15, 0.2) is 34.0 Å². The third-order valence-corrected chi connectivity index (χ3v) is 12.9. The summed E-state index contributed by atoms with van der Waals surface area (Å²) >= 11 is 0. The van der Waals surface area contributed by atoms with Crippen LogP contribution in [0.25, 0.3) is 45.1 Å². The van der Waals surface area contributed by atoms with Crippen LogP contribution in [0.3, 0.4) is 0 Å². The van der Waals surface area contributed by atoms with Crippen LogP contribution in [0.15, 0.2) is 81.1 Å². The standard InChI is InChI=1S/C23H24F2N10O3.C13H14F2N6.C10H12N4O4.CH4/c1-13(35-12-29-18-16(35)20(37)33(3)22(38)32(18)2)19(36)31-15-4-7-26-17(30-15)14-10-27-21(28-11-14)34-8-5-23(24,25)6-9-34;14-13(15)2-5-21(6-3-13)12-18-7-9(8-19-12)11-17-4-1-10(16)20-11;1-5(9(16)17)14-4-11-7-6(14)8(15)13(3)10(18)12(7)2;/h4,7,10-13H,5-6,8-9H2,1-3H3,(H,26,30,31,36);1,4,7-8H,2-3,5-6H2,(H2,16,17,20);4-5H,1-3H3,(H,16,17);1H4/t13-;;5-;/m0.0./s1. The Morgan fingerprint density at radius 2 is 1.00 bits per heavy atom. The molecule has 0 radical (unpaired) electrons. The number of piperidine rings is 2. The Labute approximate surface area is 438 Å². The van der Waals surface area contributed by atoms with Crippen molar-refractivity contribution in [2.24, 2.45) is 28.2 Å². The van der Waals surface area contributed by atoms with Gasteiger partial charge < -0.3 is 35.1 Å². The number of nitrogens with one attached hydrogen (secondary N) is 1. The average Bonchev–Trinajstić information content (AvgIpc) is 4.26. The number of halogens is 4. The number of rotatable bonds is 9. The number of carbonyl (C=O) groups excluding carboxylic acids is 1. The van der Waals surface area contributed by atoms with Gasteiger partial charge in [-0.1, -0.05) is 7.43 Å². The van der Waals surface area contributed by atoms with Gasteiger partial charge in [-0.25, -0.2) is 81.8 Å². The van der Waals surface area contributed by atoms with Gasteiger partial charge in [0.25, 0.3) is 23.0 Å². The van der Waals surface area contributed by atoms with Gasteiger partial charge in [0.2, 0.25) is 17.8 Å². The fourth-order valence-corrected chi connectivity index (χ4v) is 8.14. The summed E-state index contributed by atoms with van der Waals surface area (Å²) in [6.07, 6.45) is 10.9. The van der Waals surface area contributed by atoms with Crippen LogP contribution in [0.2, 0.25) is 0 Å². The van der Waals surface area contributed by atoms with E-state index in [2.05, 4.69) is 55.2 Å². The van der Waals surface area contributed by atoms with E-state index in [4.69, 9.17) is 10.8 Å². The van der Waals surface area contributed by atoms with Crippen LogP contribution in [0.1, 0.15) is 59.0 Å². The van der Waals surface area contributed by atoms with Crippen molar-refractivity contribution in [3.8, 4) is 22.8 Å². The number of carboxylic acids is 1. The molecule has 31 heteroatoms. The van der Waals surface area contributed by atoms with Crippen molar-refractivity contribution in [1.82, 2.24) is 77.2 Å². The molecule has 10 heterocycles. The smallest absolute Gasteiger partial charge is 0.332 e. The number of nitrogens with zero attached hydrogens (tertiary/aromatic N) is 18. The van der Waals surface area contributed by atoms with E-state index in [-0.39, 0.29) is 93.3 Å². The SMILES string of the molecule is C.C[C@@H](C(=O)Nc1ccnc(-c2cnc(N3CCC(F)(F)CC3)nc2)n1)n1cnc2c1c(=O)n(C)c(=O)n2C.C[C@@H](C(=O)O)n1cnc2c1c(=O)n(C)c(=O)n2C.Nc1ccnc(-c2cnc(N3CCC(F)(F)CC3)nc2)n1. The largest absolute Gasteiger partial charge is 0.480 e. The third-order valence-electron chi connectivity index (χ3n) is 12.9. The molecule has 2 saturated heterocycles. The first-order valence-electron chi connectivity index (χ1n) is 23.6. The molecule has 2 atom stereocenters. The van der Waals surface area contributed by atoms with E-state index in [9.17, 15) is 46.3 Å². The van der Waals surface area contributed by atoms with Crippen LogP contribution < -0.4 is 43.3 Å². The van der Waals surface area contributed by atoms with E-state index in [0.717, 1.165) is 9.13 Å². The molecule has 2 fully saturated rings. The third kappa shape index (κ3) is 11.7. The second-order valence-corrected chi connectivity index (χ2v) is 18.0. The normalized spacial score (nSPS) is 15.5. The molecular weight excluding hydrogens is 1030 g/mol. The fraction of sp³-hybridized carbons (Fsp3) is 0.404. The van der Waals surface area contributed by atoms with Crippen LogP contribution in [0, 0.1) is 0 Å². The van der Waals surface area contributed by atoms with Gasteiger partial charge in [0.1, 0.15) is 23.7 Å². The number of carboxylic acid groups (broad SMARTS) is 1. The first-order chi connectivity index (χ1) is 36.4. The van der Waals surface area contributed by atoms with Gasteiger partial charge in [0, 0.05) is 117 Å². The Kier molecular flexibility index (Phi) is 16.3. The number of aryl methyl sites for hydroxylation is 2. The van der Waals surface area contributed by atoms with Gasteiger partial charge in [0.05, 0.1) is 23.8 Å². The molecule has 2 aliphatic rings. The number of hydrogen-bond donors (Lipinski definition) is 3. The molecule has 0 saturated carbocycles. The van der Waals surface area contributed by atoms with Gasteiger partial charge in [-0.05, 0) is 26.0 Å². The minimum Gasteiger partial charge on any atom is -0.480 e. The van der Waals surface area contributed by atoms with E-state index >= 15 is 0 Å². The molecule has 78 heavy (non-hydrogen) atoms. The molecular formula is C47H54F4N20O7. The van der Waals surface area contributed by atoms with Gasteiger partial charge >= 0.3 is 17.3 Å². The number of nitrogens with two attached hydrogens (primary N) is 1. The van der Waals surface area contributed by atoms with Gasteiger partial charge in [-0.2, -0.15) is 0 Å². The number of imidazole rings is 2. The average molecular weight is 1090 g/mol. The van der Waals surface area contributed by atoms with E-state index < -0.39 is 58.3 Å². The molecule has 8 aromatic rings. The molecule has 0 spiro atoms. The molecule has 0 aliphatic carbocycles. The number of fused-ring (bicyclic) bond motifs is 2. The molecule has 0 aromatic carbocycles. The number of hydrogen-bond acceptors (Lipinski definition) is 19. The van der Waals surface area contributed by atoms with E-state index in [1.54, 1.807) is 41.4 Å². The summed E-state index contributed by atoms with van der Waals surface area (Å²) < 4.78 is 60.1. The number of alkyl halides is 4. The van der Waals surface area contributed by atoms with E-state index in [0.29, 0.717) is 34.7 Å². The lowest BCUT2D eigenvalue weighted by Gasteiger charge is -2.31. The number of aromatic nitrogens is 16. The maximum Gasteiger partial charge on any atom is 0.332 e. The number of anilines is 4. The molecule has 27 nitrogen and oxygen atoms in total. The van der Waals surface area contributed by atoms with Crippen molar-refractivity contribution < 1.29 is 32.3 Å². The van der Waals surface area contributed by atoms with Gasteiger partial charge in [-0.15, -0.1) is 0 Å². The molecule has 0 unspecified atom stereocenters. The van der Waals surface area contributed by atoms with Crippen molar-refractivity contribution in [2.45, 2.75) is 70.9 Å². The topological polar surface area (TPSA) is 326 Å². The van der Waals surface area contributed by atoms with Crippen molar-refractivity contribution in [3.05, 3.63) is 104 Å². The Hall–Kier alpha value is -9.32. The molecule has 4 N–H and O–H groups in total. The summed E-state index contributed by atoms with van der Waals surface area (Å²) in [7, 11) is 5.67. The highest BCUT2D eigenvalue weighted by Gasteiger charge is 2.36. The molecule has 0 bridgehead atoms. The minimum absolute atomic E-state index is 0. The molecule has 2 aliphatic heterocycles. The molecule has 412 valence electrons. The lowest BCUT2D eigenvalue weighted by molar-refractivity contribution is -0.140.